The molecule has 0 saturated carbocycles. The fourth-order valence-corrected chi connectivity index (χ4v) is 2.38. The Kier molecular flexibility index (Phi) is 5.55. The van der Waals surface area contributed by atoms with Crippen molar-refractivity contribution in [3.8, 4) is 0 Å². The van der Waals surface area contributed by atoms with E-state index in [4.69, 9.17) is 0 Å². The predicted octanol–water partition coefficient (Wildman–Crippen LogP) is 5.03. The zero-order valence-electron chi connectivity index (χ0n) is 12.5. The van der Waals surface area contributed by atoms with Crippen molar-refractivity contribution in [3.05, 3.63) is 63.9 Å². The van der Waals surface area contributed by atoms with E-state index >= 15 is 0 Å². The number of urea groups is 1. The van der Waals surface area contributed by atoms with Crippen molar-refractivity contribution in [1.29, 1.82) is 0 Å². The number of benzene rings is 2. The number of halogens is 2. The monoisotopic (exact) mass is 364 g/mol. The lowest BCUT2D eigenvalue weighted by atomic mass is 10.0. The Labute approximate surface area is 138 Å². The van der Waals surface area contributed by atoms with E-state index in [9.17, 15) is 9.18 Å². The summed E-state index contributed by atoms with van der Waals surface area (Å²) in [4.78, 5) is 11.8. The van der Waals surface area contributed by atoms with Crippen molar-refractivity contribution in [2.75, 3.05) is 5.32 Å². The second kappa shape index (κ2) is 7.40. The van der Waals surface area contributed by atoms with Gasteiger partial charge in [-0.05, 0) is 57.2 Å². The van der Waals surface area contributed by atoms with Gasteiger partial charge in [0.2, 0.25) is 0 Å². The number of carbonyl (C=O) groups is 1. The van der Waals surface area contributed by atoms with Crippen LogP contribution in [0.4, 0.5) is 14.9 Å². The van der Waals surface area contributed by atoms with Crippen LogP contribution in [0.3, 0.4) is 0 Å². The van der Waals surface area contributed by atoms with Crippen LogP contribution in [0.5, 0.6) is 0 Å². The van der Waals surface area contributed by atoms with E-state index in [0.29, 0.717) is 16.9 Å². The summed E-state index contributed by atoms with van der Waals surface area (Å²) in [5.41, 5.74) is 2.78. The van der Waals surface area contributed by atoms with E-state index in [-0.39, 0.29) is 11.8 Å². The maximum atomic E-state index is 13.1. The second-order valence-corrected chi connectivity index (χ2v) is 6.19. The first-order chi connectivity index (χ1) is 10.5. The number of hydrogen-bond acceptors (Lipinski definition) is 1. The summed E-state index contributed by atoms with van der Waals surface area (Å²) in [7, 11) is 0. The molecule has 0 aromatic heterocycles. The van der Waals surface area contributed by atoms with Crippen LogP contribution >= 0.6 is 15.9 Å². The fraction of sp³-hybridized carbons (Fsp3) is 0.235. The Morgan fingerprint density at radius 3 is 2.45 bits per heavy atom. The Hall–Kier alpha value is -1.88. The third-order valence-corrected chi connectivity index (χ3v) is 3.88. The van der Waals surface area contributed by atoms with Gasteiger partial charge in [-0.25, -0.2) is 9.18 Å². The first kappa shape index (κ1) is 16.5. The largest absolute Gasteiger partial charge is 0.334 e. The zero-order chi connectivity index (χ0) is 16.1. The maximum Gasteiger partial charge on any atom is 0.319 e. The predicted molar refractivity (Wildman–Crippen MR) is 90.5 cm³/mol. The molecule has 0 aliphatic heterocycles. The van der Waals surface area contributed by atoms with E-state index in [2.05, 4.69) is 40.4 Å². The standard InChI is InChI=1S/C17H18BrFN2O/c1-11(2)13-4-6-14(7-5-13)21-17(22)20-10-12-3-8-16(19)15(18)9-12/h3-9,11H,10H2,1-2H3,(H2,20,21,22). The van der Waals surface area contributed by atoms with Gasteiger partial charge in [0.25, 0.3) is 0 Å². The molecule has 0 bridgehead atoms. The highest BCUT2D eigenvalue weighted by atomic mass is 79.9. The molecule has 22 heavy (non-hydrogen) atoms. The molecular weight excluding hydrogens is 347 g/mol. The molecule has 0 saturated heterocycles. The molecule has 0 aliphatic carbocycles. The van der Waals surface area contributed by atoms with Crippen LogP contribution in [-0.2, 0) is 6.54 Å². The topological polar surface area (TPSA) is 41.1 Å². The molecule has 116 valence electrons. The molecular formula is C17H18BrFN2O. The first-order valence-corrected chi connectivity index (χ1v) is 7.83. The molecule has 2 aromatic rings. The summed E-state index contributed by atoms with van der Waals surface area (Å²) < 4.78 is 13.5. The van der Waals surface area contributed by atoms with Gasteiger partial charge < -0.3 is 10.6 Å². The summed E-state index contributed by atoms with van der Waals surface area (Å²) >= 11 is 3.12. The van der Waals surface area contributed by atoms with Crippen molar-refractivity contribution in [2.24, 2.45) is 0 Å². The number of nitrogens with one attached hydrogen (secondary N) is 2. The minimum Gasteiger partial charge on any atom is -0.334 e. The van der Waals surface area contributed by atoms with E-state index in [1.54, 1.807) is 12.1 Å². The molecule has 2 amide bonds. The minimum absolute atomic E-state index is 0.294. The van der Waals surface area contributed by atoms with Crippen LogP contribution < -0.4 is 10.6 Å². The third kappa shape index (κ3) is 4.56. The minimum atomic E-state index is -0.321. The molecule has 0 radical (unpaired) electrons. The summed E-state index contributed by atoms with van der Waals surface area (Å²) in [6, 6.07) is 12.1. The Morgan fingerprint density at radius 1 is 1.18 bits per heavy atom. The average Bonchev–Trinajstić information content (AvgIpc) is 2.49. The average molecular weight is 365 g/mol. The summed E-state index contributed by atoms with van der Waals surface area (Å²) in [5.74, 6) is 0.137. The fourth-order valence-electron chi connectivity index (χ4n) is 1.96. The van der Waals surface area contributed by atoms with E-state index in [1.165, 1.54) is 11.6 Å². The summed E-state index contributed by atoms with van der Waals surface area (Å²) in [6.07, 6.45) is 0. The normalized spacial score (nSPS) is 10.6. The number of hydrogen-bond donors (Lipinski definition) is 2. The summed E-state index contributed by atoms with van der Waals surface area (Å²) in [5, 5.41) is 5.51. The highest BCUT2D eigenvalue weighted by Crippen LogP contribution is 2.18. The van der Waals surface area contributed by atoms with Crippen molar-refractivity contribution in [2.45, 2.75) is 26.3 Å². The van der Waals surface area contributed by atoms with Crippen LogP contribution in [0.1, 0.15) is 30.9 Å². The number of amides is 2. The third-order valence-electron chi connectivity index (χ3n) is 3.27. The highest BCUT2D eigenvalue weighted by molar-refractivity contribution is 9.10. The van der Waals surface area contributed by atoms with Gasteiger partial charge in [-0.15, -0.1) is 0 Å². The van der Waals surface area contributed by atoms with E-state index in [0.717, 1.165) is 11.3 Å². The van der Waals surface area contributed by atoms with Crippen LogP contribution in [0.15, 0.2) is 46.9 Å². The molecule has 0 spiro atoms. The quantitative estimate of drug-likeness (QED) is 0.784. The van der Waals surface area contributed by atoms with Gasteiger partial charge in [0.15, 0.2) is 0 Å². The molecule has 0 aliphatic rings. The SMILES string of the molecule is CC(C)c1ccc(NC(=O)NCc2ccc(F)c(Br)c2)cc1. The molecule has 0 atom stereocenters. The molecule has 0 unspecified atom stereocenters. The van der Waals surface area contributed by atoms with E-state index < -0.39 is 0 Å². The van der Waals surface area contributed by atoms with Crippen molar-refractivity contribution in [1.82, 2.24) is 5.32 Å². The van der Waals surface area contributed by atoms with Gasteiger partial charge in [-0.1, -0.05) is 32.0 Å². The summed E-state index contributed by atoms with van der Waals surface area (Å²) in [6.45, 7) is 4.57. The number of rotatable bonds is 4. The first-order valence-electron chi connectivity index (χ1n) is 7.04. The molecule has 5 heteroatoms. The van der Waals surface area contributed by atoms with Crippen LogP contribution in [0.25, 0.3) is 0 Å². The lowest BCUT2D eigenvalue weighted by Crippen LogP contribution is -2.28. The molecule has 0 fully saturated rings. The van der Waals surface area contributed by atoms with Gasteiger partial charge in [-0.3, -0.25) is 0 Å². The van der Waals surface area contributed by atoms with Gasteiger partial charge >= 0.3 is 6.03 Å². The zero-order valence-corrected chi connectivity index (χ0v) is 14.1. The van der Waals surface area contributed by atoms with Crippen LogP contribution in [0, 0.1) is 5.82 Å². The Morgan fingerprint density at radius 2 is 1.86 bits per heavy atom. The lowest BCUT2D eigenvalue weighted by Gasteiger charge is -2.10. The van der Waals surface area contributed by atoms with Gasteiger partial charge in [0.1, 0.15) is 5.82 Å². The highest BCUT2D eigenvalue weighted by Gasteiger charge is 2.05. The molecule has 2 rings (SSSR count). The Bertz CT molecular complexity index is 656. The van der Waals surface area contributed by atoms with Gasteiger partial charge in [0, 0.05) is 12.2 Å². The smallest absolute Gasteiger partial charge is 0.319 e. The lowest BCUT2D eigenvalue weighted by molar-refractivity contribution is 0.251. The second-order valence-electron chi connectivity index (χ2n) is 5.33. The van der Waals surface area contributed by atoms with Crippen molar-refractivity contribution < 1.29 is 9.18 Å². The molecule has 0 heterocycles. The van der Waals surface area contributed by atoms with Gasteiger partial charge in [0.05, 0.1) is 4.47 Å². The number of anilines is 1. The maximum absolute atomic E-state index is 13.1. The molecule has 3 nitrogen and oxygen atoms in total. The number of carbonyl (C=O) groups excluding carboxylic acids is 1. The van der Waals surface area contributed by atoms with E-state index in [1.807, 2.05) is 24.3 Å². The Balaban J connectivity index is 1.88. The molecule has 2 N–H and O–H groups in total. The van der Waals surface area contributed by atoms with Crippen LogP contribution in [-0.4, -0.2) is 6.03 Å². The van der Waals surface area contributed by atoms with Crippen LogP contribution in [0.2, 0.25) is 0 Å². The molecule has 2 aromatic carbocycles. The van der Waals surface area contributed by atoms with Crippen molar-refractivity contribution >= 4 is 27.6 Å². The van der Waals surface area contributed by atoms with Gasteiger partial charge in [-0.2, -0.15) is 0 Å². The van der Waals surface area contributed by atoms with Crippen molar-refractivity contribution in [3.63, 3.8) is 0 Å².